The molecular weight excluding hydrogens is 302 g/mol. The molecule has 114 valence electrons. The molecule has 0 aromatic carbocycles. The summed E-state index contributed by atoms with van der Waals surface area (Å²) in [6.07, 6.45) is 5.12. The Hall–Kier alpha value is -0.710. The van der Waals surface area contributed by atoms with E-state index >= 15 is 0 Å². The van der Waals surface area contributed by atoms with Crippen molar-refractivity contribution in [2.24, 2.45) is 0 Å². The van der Waals surface area contributed by atoms with Crippen LogP contribution < -0.4 is 0 Å². The second-order valence-electron chi connectivity index (χ2n) is 5.92. The van der Waals surface area contributed by atoms with Gasteiger partial charge in [-0.25, -0.2) is 9.97 Å². The van der Waals surface area contributed by atoms with E-state index in [0.717, 1.165) is 29.1 Å². The Morgan fingerprint density at radius 3 is 2.86 bits per heavy atom. The van der Waals surface area contributed by atoms with Crippen LogP contribution in [-0.4, -0.2) is 27.5 Å². The summed E-state index contributed by atoms with van der Waals surface area (Å²) in [6.45, 7) is 8.46. The predicted molar refractivity (Wildman–Crippen MR) is 90.2 cm³/mol. The summed E-state index contributed by atoms with van der Waals surface area (Å²) in [4.78, 5) is 14.2. The third kappa shape index (κ3) is 2.94. The fourth-order valence-corrected chi connectivity index (χ4v) is 4.66. The number of aromatic nitrogens is 2. The number of nitrogens with zero attached hydrogens (tertiary/aromatic N) is 3. The van der Waals surface area contributed by atoms with Gasteiger partial charge in [-0.15, -0.1) is 11.3 Å². The molecule has 0 amide bonds. The molecule has 2 aromatic rings. The van der Waals surface area contributed by atoms with Crippen LogP contribution >= 0.6 is 22.9 Å². The average molecular weight is 324 g/mol. The minimum atomic E-state index is 0.613. The van der Waals surface area contributed by atoms with Crippen LogP contribution in [0.15, 0.2) is 0 Å². The molecule has 3 rings (SSSR count). The lowest BCUT2D eigenvalue weighted by Crippen LogP contribution is -2.38. The van der Waals surface area contributed by atoms with E-state index in [2.05, 4.69) is 30.7 Å². The van der Waals surface area contributed by atoms with E-state index in [9.17, 15) is 0 Å². The largest absolute Gasteiger partial charge is 0.293 e. The van der Waals surface area contributed by atoms with E-state index in [1.54, 1.807) is 11.3 Å². The number of aryl methyl sites for hydroxylation is 2. The molecule has 0 radical (unpaired) electrons. The lowest BCUT2D eigenvalue weighted by atomic mass is 10.0. The first-order valence-corrected chi connectivity index (χ1v) is 8.95. The summed E-state index contributed by atoms with van der Waals surface area (Å²) in [6, 6.07) is 0.670. The maximum atomic E-state index is 6.41. The molecule has 3 heterocycles. The summed E-state index contributed by atoms with van der Waals surface area (Å²) in [7, 11) is 0. The van der Waals surface area contributed by atoms with E-state index in [1.807, 2.05) is 0 Å². The molecular formula is C16H22ClN3S. The van der Waals surface area contributed by atoms with Crippen molar-refractivity contribution in [2.45, 2.75) is 59.0 Å². The van der Waals surface area contributed by atoms with Gasteiger partial charge in [0.15, 0.2) is 0 Å². The Bertz CT molecular complexity index is 652. The Morgan fingerprint density at radius 2 is 2.10 bits per heavy atom. The van der Waals surface area contributed by atoms with Gasteiger partial charge in [-0.3, -0.25) is 4.90 Å². The van der Waals surface area contributed by atoms with Crippen molar-refractivity contribution >= 4 is 33.2 Å². The van der Waals surface area contributed by atoms with Crippen LogP contribution in [0.3, 0.4) is 0 Å². The van der Waals surface area contributed by atoms with Gasteiger partial charge >= 0.3 is 0 Å². The Labute approximate surface area is 135 Å². The van der Waals surface area contributed by atoms with Crippen LogP contribution in [0.4, 0.5) is 0 Å². The van der Waals surface area contributed by atoms with Gasteiger partial charge < -0.3 is 0 Å². The molecule has 0 bridgehead atoms. The predicted octanol–water partition coefficient (Wildman–Crippen LogP) is 4.73. The molecule has 0 saturated carbocycles. The van der Waals surface area contributed by atoms with Crippen molar-refractivity contribution in [3.63, 3.8) is 0 Å². The quantitative estimate of drug-likeness (QED) is 0.765. The van der Waals surface area contributed by atoms with Crippen LogP contribution in [0.25, 0.3) is 10.2 Å². The number of thiophene rings is 1. The minimum absolute atomic E-state index is 0.613. The first-order valence-electron chi connectivity index (χ1n) is 7.76. The third-order valence-electron chi connectivity index (χ3n) is 4.60. The SMILES string of the molecule is CCC1CCCCN1Cc1nc(Cl)c2c(C)c(C)sc2n1. The van der Waals surface area contributed by atoms with Gasteiger partial charge in [-0.1, -0.05) is 24.9 Å². The molecule has 1 unspecified atom stereocenters. The smallest absolute Gasteiger partial charge is 0.145 e. The van der Waals surface area contributed by atoms with Crippen LogP contribution in [0.1, 0.15) is 48.9 Å². The second-order valence-corrected chi connectivity index (χ2v) is 7.48. The Balaban J connectivity index is 1.90. The van der Waals surface area contributed by atoms with Gasteiger partial charge in [0, 0.05) is 10.9 Å². The lowest BCUT2D eigenvalue weighted by Gasteiger charge is -2.34. The number of rotatable bonds is 3. The zero-order valence-electron chi connectivity index (χ0n) is 12.9. The number of hydrogen-bond acceptors (Lipinski definition) is 4. The van der Waals surface area contributed by atoms with Crippen LogP contribution in [0, 0.1) is 13.8 Å². The maximum Gasteiger partial charge on any atom is 0.145 e. The number of fused-ring (bicyclic) bond motifs is 1. The van der Waals surface area contributed by atoms with Crippen molar-refractivity contribution in [2.75, 3.05) is 6.54 Å². The van der Waals surface area contributed by atoms with Crippen molar-refractivity contribution in [3.8, 4) is 0 Å². The molecule has 1 fully saturated rings. The Kier molecular flexibility index (Phi) is 4.48. The number of halogens is 1. The highest BCUT2D eigenvalue weighted by atomic mass is 35.5. The van der Waals surface area contributed by atoms with E-state index in [4.69, 9.17) is 16.6 Å². The first-order chi connectivity index (χ1) is 10.1. The highest BCUT2D eigenvalue weighted by Crippen LogP contribution is 2.33. The van der Waals surface area contributed by atoms with Gasteiger partial charge in [-0.05, 0) is 45.2 Å². The van der Waals surface area contributed by atoms with Gasteiger partial charge in [0.2, 0.25) is 0 Å². The van der Waals surface area contributed by atoms with Gasteiger partial charge in [-0.2, -0.15) is 0 Å². The molecule has 5 heteroatoms. The zero-order valence-corrected chi connectivity index (χ0v) is 14.5. The Morgan fingerprint density at radius 1 is 1.29 bits per heavy atom. The number of hydrogen-bond donors (Lipinski definition) is 0. The molecule has 21 heavy (non-hydrogen) atoms. The summed E-state index contributed by atoms with van der Waals surface area (Å²) in [5.41, 5.74) is 1.22. The first kappa shape index (κ1) is 15.2. The van der Waals surface area contributed by atoms with Crippen molar-refractivity contribution in [3.05, 3.63) is 21.4 Å². The molecule has 1 aliphatic rings. The fourth-order valence-electron chi connectivity index (χ4n) is 3.22. The normalized spacial score (nSPS) is 20.3. The zero-order chi connectivity index (χ0) is 15.0. The topological polar surface area (TPSA) is 29.0 Å². The third-order valence-corrected chi connectivity index (χ3v) is 5.97. The lowest BCUT2D eigenvalue weighted by molar-refractivity contribution is 0.133. The summed E-state index contributed by atoms with van der Waals surface area (Å²) < 4.78 is 0. The molecule has 1 saturated heterocycles. The van der Waals surface area contributed by atoms with E-state index in [0.29, 0.717) is 11.2 Å². The van der Waals surface area contributed by atoms with E-state index in [1.165, 1.54) is 36.1 Å². The van der Waals surface area contributed by atoms with Gasteiger partial charge in [0.05, 0.1) is 11.9 Å². The summed E-state index contributed by atoms with van der Waals surface area (Å²) in [5.74, 6) is 0.870. The van der Waals surface area contributed by atoms with E-state index < -0.39 is 0 Å². The monoisotopic (exact) mass is 323 g/mol. The number of piperidine rings is 1. The van der Waals surface area contributed by atoms with Crippen molar-refractivity contribution < 1.29 is 0 Å². The molecule has 1 aliphatic heterocycles. The van der Waals surface area contributed by atoms with Crippen molar-refractivity contribution in [1.29, 1.82) is 0 Å². The molecule has 0 spiro atoms. The van der Waals surface area contributed by atoms with Crippen molar-refractivity contribution in [1.82, 2.24) is 14.9 Å². The van der Waals surface area contributed by atoms with E-state index in [-0.39, 0.29) is 0 Å². The molecule has 3 nitrogen and oxygen atoms in total. The van der Waals surface area contributed by atoms with Gasteiger partial charge in [0.1, 0.15) is 15.8 Å². The van der Waals surface area contributed by atoms with Crippen LogP contribution in [0.2, 0.25) is 5.15 Å². The van der Waals surface area contributed by atoms with Crippen LogP contribution in [-0.2, 0) is 6.54 Å². The summed E-state index contributed by atoms with van der Waals surface area (Å²) >= 11 is 8.13. The van der Waals surface area contributed by atoms with Crippen LogP contribution in [0.5, 0.6) is 0 Å². The highest BCUT2D eigenvalue weighted by Gasteiger charge is 2.22. The maximum absolute atomic E-state index is 6.41. The van der Waals surface area contributed by atoms with Gasteiger partial charge in [0.25, 0.3) is 0 Å². The molecule has 1 atom stereocenters. The minimum Gasteiger partial charge on any atom is -0.293 e. The molecule has 2 aromatic heterocycles. The molecule has 0 N–H and O–H groups in total. The standard InChI is InChI=1S/C16H22ClN3S/c1-4-12-7-5-6-8-20(12)9-13-18-15(17)14-10(2)11(3)21-16(14)19-13/h12H,4-9H2,1-3H3. The fraction of sp³-hybridized carbons (Fsp3) is 0.625. The highest BCUT2D eigenvalue weighted by molar-refractivity contribution is 7.18. The average Bonchev–Trinajstić information content (AvgIpc) is 2.75. The second kappa shape index (κ2) is 6.19. The number of likely N-dealkylation sites (tertiary alicyclic amines) is 1. The molecule has 0 aliphatic carbocycles. The summed E-state index contributed by atoms with van der Waals surface area (Å²) in [5, 5.41) is 1.65.